The zero-order valence-corrected chi connectivity index (χ0v) is 15.0. The van der Waals surface area contributed by atoms with Gasteiger partial charge in [-0.05, 0) is 49.9 Å². The van der Waals surface area contributed by atoms with Crippen LogP contribution in [0.25, 0.3) is 0 Å². The third-order valence-corrected chi connectivity index (χ3v) is 5.29. The van der Waals surface area contributed by atoms with Crippen LogP contribution < -0.4 is 4.74 Å². The first-order valence-electron chi connectivity index (χ1n) is 8.24. The van der Waals surface area contributed by atoms with Crippen LogP contribution in [0.1, 0.15) is 32.1 Å². The number of piperidine rings is 1. The summed E-state index contributed by atoms with van der Waals surface area (Å²) >= 11 is 0. The van der Waals surface area contributed by atoms with E-state index >= 15 is 0 Å². The first-order chi connectivity index (χ1) is 11.8. The lowest BCUT2D eigenvalue weighted by molar-refractivity contribution is -0.152. The van der Waals surface area contributed by atoms with Crippen LogP contribution in [-0.4, -0.2) is 55.7 Å². The molecular formula is C17H23NO6S. The number of ether oxygens (including phenoxy) is 1. The molecule has 1 fully saturated rings. The highest BCUT2D eigenvalue weighted by atomic mass is 32.2. The summed E-state index contributed by atoms with van der Waals surface area (Å²) in [5.41, 5.74) is 0. The fourth-order valence-corrected chi connectivity index (χ4v) is 3.46. The first kappa shape index (κ1) is 19.2. The molecule has 25 heavy (non-hydrogen) atoms. The minimum Gasteiger partial charge on any atom is -0.494 e. The molecule has 0 bridgehead atoms. The lowest BCUT2D eigenvalue weighted by Gasteiger charge is -2.33. The number of hydrogen-bond donors (Lipinski definition) is 1. The van der Waals surface area contributed by atoms with E-state index < -0.39 is 21.8 Å². The molecule has 2 rings (SSSR count). The Morgan fingerprint density at radius 3 is 2.52 bits per heavy atom. The zero-order chi connectivity index (χ0) is 18.4. The van der Waals surface area contributed by atoms with Gasteiger partial charge >= 0.3 is 5.97 Å². The fraction of sp³-hybridized carbons (Fsp3) is 0.529. The smallest absolute Gasteiger partial charge is 0.326 e. The molecule has 1 atom stereocenters. The second-order valence-electron chi connectivity index (χ2n) is 6.13. The molecule has 1 amide bonds. The standard InChI is InChI=1S/C17H23NO6S/c1-25(22,23)14-9-7-13(8-10-14)24-12-4-6-16(19)18-11-3-2-5-15(18)17(20)21/h7-10,15H,2-6,11-12H2,1H3,(H,20,21)/t15-/m0/s1. The summed E-state index contributed by atoms with van der Waals surface area (Å²) < 4.78 is 28.3. The Kier molecular flexibility index (Phi) is 6.41. The van der Waals surface area contributed by atoms with Gasteiger partial charge in [-0.2, -0.15) is 0 Å². The number of aliphatic carboxylic acids is 1. The number of amides is 1. The molecule has 8 heteroatoms. The summed E-state index contributed by atoms with van der Waals surface area (Å²) in [6.07, 6.45) is 4.00. The first-order valence-corrected chi connectivity index (χ1v) is 10.1. The van der Waals surface area contributed by atoms with Gasteiger partial charge in [-0.25, -0.2) is 13.2 Å². The van der Waals surface area contributed by atoms with Gasteiger partial charge in [-0.3, -0.25) is 4.79 Å². The number of nitrogens with zero attached hydrogens (tertiary/aromatic N) is 1. The summed E-state index contributed by atoms with van der Waals surface area (Å²) in [6.45, 7) is 0.791. The third kappa shape index (κ3) is 5.45. The number of rotatable bonds is 7. The van der Waals surface area contributed by atoms with E-state index in [1.54, 1.807) is 12.1 Å². The van der Waals surface area contributed by atoms with Gasteiger partial charge in [0.1, 0.15) is 11.8 Å². The van der Waals surface area contributed by atoms with Crippen molar-refractivity contribution in [1.29, 1.82) is 0 Å². The normalized spacial score (nSPS) is 18.0. The lowest BCUT2D eigenvalue weighted by Crippen LogP contribution is -2.47. The molecular weight excluding hydrogens is 346 g/mol. The van der Waals surface area contributed by atoms with Gasteiger partial charge in [0.05, 0.1) is 11.5 Å². The quantitative estimate of drug-likeness (QED) is 0.735. The molecule has 1 heterocycles. The Hall–Kier alpha value is -2.09. The van der Waals surface area contributed by atoms with Crippen molar-refractivity contribution in [3.8, 4) is 5.75 Å². The van der Waals surface area contributed by atoms with Crippen LogP contribution in [0.5, 0.6) is 5.75 Å². The van der Waals surface area contributed by atoms with E-state index in [0.29, 0.717) is 31.7 Å². The average Bonchev–Trinajstić information content (AvgIpc) is 2.58. The molecule has 0 unspecified atom stereocenters. The van der Waals surface area contributed by atoms with Gasteiger partial charge in [0, 0.05) is 19.2 Å². The second kappa shape index (κ2) is 8.33. The van der Waals surface area contributed by atoms with E-state index in [-0.39, 0.29) is 17.2 Å². The van der Waals surface area contributed by atoms with Gasteiger partial charge in [0.15, 0.2) is 9.84 Å². The average molecular weight is 369 g/mol. The van der Waals surface area contributed by atoms with Crippen LogP contribution in [0.2, 0.25) is 0 Å². The summed E-state index contributed by atoms with van der Waals surface area (Å²) in [5, 5.41) is 9.20. The largest absolute Gasteiger partial charge is 0.494 e. The Morgan fingerprint density at radius 2 is 1.92 bits per heavy atom. The number of hydrogen-bond acceptors (Lipinski definition) is 5. The van der Waals surface area contributed by atoms with Crippen molar-refractivity contribution in [3.05, 3.63) is 24.3 Å². The van der Waals surface area contributed by atoms with Crippen LogP contribution in [-0.2, 0) is 19.4 Å². The number of likely N-dealkylation sites (tertiary alicyclic amines) is 1. The Morgan fingerprint density at radius 1 is 1.24 bits per heavy atom. The van der Waals surface area contributed by atoms with Crippen molar-refractivity contribution in [2.24, 2.45) is 0 Å². The third-order valence-electron chi connectivity index (χ3n) is 4.16. The molecule has 0 aromatic heterocycles. The van der Waals surface area contributed by atoms with Crippen LogP contribution >= 0.6 is 0 Å². The minimum absolute atomic E-state index is 0.164. The predicted molar refractivity (Wildman–Crippen MR) is 91.3 cm³/mol. The Labute approximate surface area is 147 Å². The molecule has 1 aromatic rings. The van der Waals surface area contributed by atoms with E-state index in [1.165, 1.54) is 17.0 Å². The highest BCUT2D eigenvalue weighted by molar-refractivity contribution is 7.90. The molecule has 0 aliphatic carbocycles. The topological polar surface area (TPSA) is 101 Å². The zero-order valence-electron chi connectivity index (χ0n) is 14.2. The van der Waals surface area contributed by atoms with E-state index in [0.717, 1.165) is 19.1 Å². The number of carboxylic acid groups (broad SMARTS) is 1. The van der Waals surface area contributed by atoms with Gasteiger partial charge in [-0.1, -0.05) is 0 Å². The summed E-state index contributed by atoms with van der Waals surface area (Å²) in [7, 11) is -3.23. The molecule has 0 saturated carbocycles. The van der Waals surface area contributed by atoms with Crippen molar-refractivity contribution >= 4 is 21.7 Å². The maximum absolute atomic E-state index is 12.2. The van der Waals surface area contributed by atoms with Crippen LogP contribution in [0.4, 0.5) is 0 Å². The molecule has 1 aliphatic rings. The van der Waals surface area contributed by atoms with Crippen LogP contribution in [0.15, 0.2) is 29.2 Å². The summed E-state index contributed by atoms with van der Waals surface area (Å²) in [5.74, 6) is -0.584. The fourth-order valence-electron chi connectivity index (χ4n) is 2.83. The maximum atomic E-state index is 12.2. The maximum Gasteiger partial charge on any atom is 0.326 e. The molecule has 0 radical (unpaired) electrons. The van der Waals surface area contributed by atoms with Crippen LogP contribution in [0, 0.1) is 0 Å². The number of carbonyl (C=O) groups excluding carboxylic acids is 1. The number of carbonyl (C=O) groups is 2. The van der Waals surface area contributed by atoms with Gasteiger partial charge < -0.3 is 14.7 Å². The van der Waals surface area contributed by atoms with Crippen molar-refractivity contribution < 1.29 is 27.9 Å². The lowest BCUT2D eigenvalue weighted by atomic mass is 10.0. The molecule has 0 spiro atoms. The molecule has 138 valence electrons. The highest BCUT2D eigenvalue weighted by Gasteiger charge is 2.31. The van der Waals surface area contributed by atoms with Gasteiger partial charge in [0.25, 0.3) is 0 Å². The summed E-state index contributed by atoms with van der Waals surface area (Å²) in [4.78, 5) is 25.1. The molecule has 7 nitrogen and oxygen atoms in total. The Bertz CT molecular complexity index is 713. The summed E-state index contributed by atoms with van der Waals surface area (Å²) in [6, 6.07) is 5.37. The predicted octanol–water partition coefficient (Wildman–Crippen LogP) is 1.71. The monoisotopic (exact) mass is 369 g/mol. The number of sulfone groups is 1. The minimum atomic E-state index is -3.23. The highest BCUT2D eigenvalue weighted by Crippen LogP contribution is 2.19. The van der Waals surface area contributed by atoms with E-state index in [1.807, 2.05) is 0 Å². The second-order valence-corrected chi connectivity index (χ2v) is 8.15. The van der Waals surface area contributed by atoms with Gasteiger partial charge in [0.2, 0.25) is 5.91 Å². The number of carboxylic acids is 1. The van der Waals surface area contributed by atoms with E-state index in [4.69, 9.17) is 4.74 Å². The van der Waals surface area contributed by atoms with Crippen molar-refractivity contribution in [2.75, 3.05) is 19.4 Å². The molecule has 1 aromatic carbocycles. The van der Waals surface area contributed by atoms with Crippen molar-refractivity contribution in [3.63, 3.8) is 0 Å². The Balaban J connectivity index is 1.78. The van der Waals surface area contributed by atoms with E-state index in [2.05, 4.69) is 0 Å². The van der Waals surface area contributed by atoms with Crippen LogP contribution in [0.3, 0.4) is 0 Å². The van der Waals surface area contributed by atoms with Crippen molar-refractivity contribution in [2.45, 2.75) is 43.0 Å². The molecule has 1 N–H and O–H groups in total. The van der Waals surface area contributed by atoms with E-state index in [9.17, 15) is 23.1 Å². The molecule has 1 aliphatic heterocycles. The SMILES string of the molecule is CS(=O)(=O)c1ccc(OCCCC(=O)N2CCCC[C@H]2C(=O)O)cc1. The van der Waals surface area contributed by atoms with Crippen molar-refractivity contribution in [1.82, 2.24) is 4.90 Å². The molecule has 1 saturated heterocycles. The number of benzene rings is 1. The van der Waals surface area contributed by atoms with Gasteiger partial charge in [-0.15, -0.1) is 0 Å².